The highest BCUT2D eigenvalue weighted by molar-refractivity contribution is 6.31. The van der Waals surface area contributed by atoms with E-state index in [2.05, 4.69) is 10.4 Å². The first-order valence-electron chi connectivity index (χ1n) is 8.35. The van der Waals surface area contributed by atoms with E-state index in [9.17, 15) is 4.79 Å². The van der Waals surface area contributed by atoms with Crippen LogP contribution in [0.4, 0.5) is 0 Å². The molecule has 1 amide bonds. The lowest BCUT2D eigenvalue weighted by Gasteiger charge is -2.25. The van der Waals surface area contributed by atoms with Gasteiger partial charge in [0.1, 0.15) is 5.69 Å². The van der Waals surface area contributed by atoms with Crippen molar-refractivity contribution in [3.8, 4) is 0 Å². The Labute approximate surface area is 147 Å². The molecule has 0 radical (unpaired) electrons. The highest BCUT2D eigenvalue weighted by Crippen LogP contribution is 2.27. The largest absolute Gasteiger partial charge is 0.333 e. The van der Waals surface area contributed by atoms with Crippen molar-refractivity contribution in [3.63, 3.8) is 0 Å². The average molecular weight is 347 g/mol. The number of carbonyl (C=O) groups excluding carboxylic acids is 1. The Balaban J connectivity index is 1.74. The van der Waals surface area contributed by atoms with Gasteiger partial charge in [0, 0.05) is 24.8 Å². The number of hydrogen-bond acceptors (Lipinski definition) is 3. The number of aromatic nitrogens is 2. The maximum atomic E-state index is 12.8. The van der Waals surface area contributed by atoms with Gasteiger partial charge in [0.25, 0.3) is 5.91 Å². The maximum Gasteiger partial charge on any atom is 0.274 e. The van der Waals surface area contributed by atoms with Crippen LogP contribution in [0.15, 0.2) is 36.5 Å². The number of carbonyl (C=O) groups is 1. The summed E-state index contributed by atoms with van der Waals surface area (Å²) in [4.78, 5) is 14.4. The van der Waals surface area contributed by atoms with Crippen LogP contribution in [0.25, 0.3) is 0 Å². The first kappa shape index (κ1) is 17.0. The highest BCUT2D eigenvalue weighted by atomic mass is 35.5. The van der Waals surface area contributed by atoms with Crippen molar-refractivity contribution < 1.29 is 4.79 Å². The van der Waals surface area contributed by atoms with Crippen LogP contribution in [-0.2, 0) is 0 Å². The monoisotopic (exact) mass is 346 g/mol. The van der Waals surface area contributed by atoms with Gasteiger partial charge < -0.3 is 10.2 Å². The summed E-state index contributed by atoms with van der Waals surface area (Å²) in [5.74, 6) is -0.0926. The van der Waals surface area contributed by atoms with Crippen molar-refractivity contribution in [2.24, 2.45) is 0 Å². The second-order valence-corrected chi connectivity index (χ2v) is 6.70. The molecule has 1 aromatic carbocycles. The third-order valence-corrected chi connectivity index (χ3v) is 5.07. The molecule has 0 aliphatic carbocycles. The van der Waals surface area contributed by atoms with Gasteiger partial charge in [-0.15, -0.1) is 0 Å². The Hall–Kier alpha value is -1.85. The molecule has 2 aromatic rings. The molecule has 2 unspecified atom stereocenters. The van der Waals surface area contributed by atoms with Gasteiger partial charge >= 0.3 is 0 Å². The number of piperidine rings is 1. The molecule has 1 aliphatic heterocycles. The molecule has 2 atom stereocenters. The minimum atomic E-state index is -0.118. The predicted molar refractivity (Wildman–Crippen MR) is 95.3 cm³/mol. The van der Waals surface area contributed by atoms with E-state index in [1.54, 1.807) is 18.0 Å². The zero-order valence-corrected chi connectivity index (χ0v) is 14.8. The first-order valence-corrected chi connectivity index (χ1v) is 8.73. The highest BCUT2D eigenvalue weighted by Gasteiger charge is 2.23. The van der Waals surface area contributed by atoms with E-state index in [4.69, 9.17) is 11.6 Å². The molecule has 1 fully saturated rings. The van der Waals surface area contributed by atoms with E-state index in [1.807, 2.05) is 42.1 Å². The van der Waals surface area contributed by atoms with Crippen molar-refractivity contribution in [3.05, 3.63) is 52.8 Å². The third-order valence-electron chi connectivity index (χ3n) is 4.73. The summed E-state index contributed by atoms with van der Waals surface area (Å²) in [6.45, 7) is 3.93. The van der Waals surface area contributed by atoms with Crippen molar-refractivity contribution in [2.75, 3.05) is 20.1 Å². The molecule has 1 N–H and O–H groups in total. The predicted octanol–water partition coefficient (Wildman–Crippen LogP) is 3.29. The Morgan fingerprint density at radius 2 is 2.21 bits per heavy atom. The summed E-state index contributed by atoms with van der Waals surface area (Å²) in [5.41, 5.74) is 1.41. The summed E-state index contributed by atoms with van der Waals surface area (Å²) >= 11 is 6.25. The quantitative estimate of drug-likeness (QED) is 0.924. The minimum Gasteiger partial charge on any atom is -0.333 e. The summed E-state index contributed by atoms with van der Waals surface area (Å²) in [7, 11) is 1.79. The normalized spacial score (nSPS) is 19.0. The van der Waals surface area contributed by atoms with Crippen molar-refractivity contribution in [1.29, 1.82) is 0 Å². The Morgan fingerprint density at radius 3 is 2.92 bits per heavy atom. The summed E-state index contributed by atoms with van der Waals surface area (Å²) in [6.07, 6.45) is 4.13. The lowest BCUT2D eigenvalue weighted by atomic mass is 10.1. The van der Waals surface area contributed by atoms with Crippen LogP contribution in [-0.4, -0.2) is 40.7 Å². The number of amides is 1. The van der Waals surface area contributed by atoms with Gasteiger partial charge in [-0.2, -0.15) is 5.10 Å². The van der Waals surface area contributed by atoms with E-state index >= 15 is 0 Å². The average Bonchev–Trinajstić information content (AvgIpc) is 3.11. The van der Waals surface area contributed by atoms with Gasteiger partial charge in [0.05, 0.1) is 12.1 Å². The molecule has 3 rings (SSSR count). The second-order valence-electron chi connectivity index (χ2n) is 6.29. The molecular weight excluding hydrogens is 324 g/mol. The summed E-state index contributed by atoms with van der Waals surface area (Å²) < 4.78 is 1.91. The third kappa shape index (κ3) is 3.47. The van der Waals surface area contributed by atoms with Crippen molar-refractivity contribution in [2.45, 2.75) is 31.8 Å². The molecule has 128 valence electrons. The fourth-order valence-electron chi connectivity index (χ4n) is 3.09. The van der Waals surface area contributed by atoms with Gasteiger partial charge in [0.15, 0.2) is 0 Å². The molecule has 0 spiro atoms. The molecule has 0 saturated carbocycles. The standard InChI is InChI=1S/C18H23ClN4O/c1-13(15-7-3-4-8-16(15)19)22(2)18(24)17-9-11-23(21-17)14-6-5-10-20-12-14/h3-4,7-9,11,13-14,20H,5-6,10,12H2,1-2H3. The zero-order valence-electron chi connectivity index (χ0n) is 14.1. The van der Waals surface area contributed by atoms with Gasteiger partial charge in [-0.05, 0) is 44.0 Å². The van der Waals surface area contributed by atoms with Crippen LogP contribution in [0.3, 0.4) is 0 Å². The minimum absolute atomic E-state index is 0.0926. The molecule has 1 aromatic heterocycles. The topological polar surface area (TPSA) is 50.2 Å². The van der Waals surface area contributed by atoms with Crippen LogP contribution < -0.4 is 5.32 Å². The molecule has 6 heteroatoms. The molecule has 5 nitrogen and oxygen atoms in total. The van der Waals surface area contributed by atoms with Gasteiger partial charge in [0.2, 0.25) is 0 Å². The van der Waals surface area contributed by atoms with E-state index in [1.165, 1.54) is 0 Å². The van der Waals surface area contributed by atoms with E-state index < -0.39 is 0 Å². The number of hydrogen-bond donors (Lipinski definition) is 1. The second kappa shape index (κ2) is 7.36. The Morgan fingerprint density at radius 1 is 1.42 bits per heavy atom. The maximum absolute atomic E-state index is 12.8. The fourth-order valence-corrected chi connectivity index (χ4v) is 3.39. The lowest BCUT2D eigenvalue weighted by molar-refractivity contribution is 0.0735. The molecule has 1 aliphatic rings. The molecule has 0 bridgehead atoms. The fraction of sp³-hybridized carbons (Fsp3) is 0.444. The number of benzene rings is 1. The Bertz CT molecular complexity index is 709. The smallest absolute Gasteiger partial charge is 0.274 e. The van der Waals surface area contributed by atoms with Gasteiger partial charge in [-0.25, -0.2) is 0 Å². The molecule has 24 heavy (non-hydrogen) atoms. The van der Waals surface area contributed by atoms with Gasteiger partial charge in [-0.3, -0.25) is 9.48 Å². The van der Waals surface area contributed by atoms with Crippen LogP contribution in [0.5, 0.6) is 0 Å². The van der Waals surface area contributed by atoms with E-state index in [0.29, 0.717) is 16.8 Å². The van der Waals surface area contributed by atoms with Crippen molar-refractivity contribution >= 4 is 17.5 Å². The molecular formula is C18H23ClN4O. The van der Waals surface area contributed by atoms with Crippen LogP contribution >= 0.6 is 11.6 Å². The Kier molecular flexibility index (Phi) is 5.21. The lowest BCUT2D eigenvalue weighted by Crippen LogP contribution is -2.33. The van der Waals surface area contributed by atoms with Gasteiger partial charge in [-0.1, -0.05) is 29.8 Å². The number of nitrogens with one attached hydrogen (secondary N) is 1. The van der Waals surface area contributed by atoms with Crippen molar-refractivity contribution in [1.82, 2.24) is 20.0 Å². The number of nitrogens with zero attached hydrogens (tertiary/aromatic N) is 3. The summed E-state index contributed by atoms with van der Waals surface area (Å²) in [6, 6.07) is 9.62. The van der Waals surface area contributed by atoms with Crippen LogP contribution in [0.1, 0.15) is 47.9 Å². The van der Waals surface area contributed by atoms with E-state index in [0.717, 1.165) is 31.5 Å². The summed E-state index contributed by atoms with van der Waals surface area (Å²) in [5, 5.41) is 8.55. The molecule has 1 saturated heterocycles. The van der Waals surface area contributed by atoms with Crippen LogP contribution in [0, 0.1) is 0 Å². The zero-order chi connectivity index (χ0) is 17.1. The van der Waals surface area contributed by atoms with Crippen LogP contribution in [0.2, 0.25) is 5.02 Å². The van der Waals surface area contributed by atoms with E-state index in [-0.39, 0.29) is 11.9 Å². The first-order chi connectivity index (χ1) is 11.6. The molecule has 2 heterocycles. The SMILES string of the molecule is CC(c1ccccc1Cl)N(C)C(=O)c1ccn(C2CCCNC2)n1. The number of rotatable bonds is 4. The number of halogens is 1.